The maximum absolute atomic E-state index is 9.74. The maximum atomic E-state index is 9.74. The Morgan fingerprint density at radius 3 is 2.75 bits per heavy atom. The molecular formula is C9H12ClN3O2S. The number of nitrogens with zero attached hydrogens (tertiary/aromatic N) is 2. The van der Waals surface area contributed by atoms with Gasteiger partial charge in [0, 0.05) is 12.7 Å². The highest BCUT2D eigenvalue weighted by Crippen LogP contribution is 1.98. The smallest absolute Gasteiger partial charge is 0.244 e. The third-order valence-electron chi connectivity index (χ3n) is 1.24. The lowest BCUT2D eigenvalue weighted by Crippen LogP contribution is -2.08. The van der Waals surface area contributed by atoms with Gasteiger partial charge in [-0.1, -0.05) is 17.7 Å². The molecule has 0 radical (unpaired) electrons. The molecule has 88 valence electrons. The fraction of sp³-hybridized carbons (Fsp3) is 0.222. The number of hydrogen-bond donors (Lipinski definition) is 2. The SMILES string of the molecule is CNCC(S)=C[N+](=O)[O-].Clc1ccccn1. The van der Waals surface area contributed by atoms with Gasteiger partial charge in [-0.15, -0.1) is 12.6 Å². The molecule has 1 rings (SSSR count). The Morgan fingerprint density at radius 2 is 2.44 bits per heavy atom. The highest BCUT2D eigenvalue weighted by atomic mass is 35.5. The number of nitro groups is 1. The molecular weight excluding hydrogens is 250 g/mol. The van der Waals surface area contributed by atoms with E-state index < -0.39 is 4.92 Å². The van der Waals surface area contributed by atoms with Crippen LogP contribution >= 0.6 is 24.2 Å². The van der Waals surface area contributed by atoms with Gasteiger partial charge in [0.25, 0.3) is 0 Å². The van der Waals surface area contributed by atoms with Crippen LogP contribution in [0.15, 0.2) is 35.5 Å². The maximum Gasteiger partial charge on any atom is 0.244 e. The van der Waals surface area contributed by atoms with Crippen molar-refractivity contribution >= 4 is 24.2 Å². The lowest BCUT2D eigenvalue weighted by atomic mass is 10.5. The Balaban J connectivity index is 0.000000288. The highest BCUT2D eigenvalue weighted by molar-refractivity contribution is 7.84. The van der Waals surface area contributed by atoms with Gasteiger partial charge in [0.15, 0.2) is 0 Å². The molecule has 1 N–H and O–H groups in total. The van der Waals surface area contributed by atoms with Gasteiger partial charge >= 0.3 is 0 Å². The zero-order valence-electron chi connectivity index (χ0n) is 8.63. The second kappa shape index (κ2) is 9.14. The van der Waals surface area contributed by atoms with Crippen LogP contribution in [0.4, 0.5) is 0 Å². The van der Waals surface area contributed by atoms with E-state index in [2.05, 4.69) is 22.9 Å². The first-order valence-electron chi connectivity index (χ1n) is 4.30. The van der Waals surface area contributed by atoms with Crippen molar-refractivity contribution in [3.05, 3.63) is 50.8 Å². The Morgan fingerprint density at radius 1 is 1.75 bits per heavy atom. The molecule has 0 aliphatic rings. The van der Waals surface area contributed by atoms with Crippen LogP contribution in [0.25, 0.3) is 0 Å². The van der Waals surface area contributed by atoms with E-state index in [1.54, 1.807) is 19.3 Å². The summed E-state index contributed by atoms with van der Waals surface area (Å²) in [5.41, 5.74) is 0. The molecule has 0 saturated heterocycles. The Bertz CT molecular complexity index is 346. The molecule has 1 aromatic rings. The summed E-state index contributed by atoms with van der Waals surface area (Å²) in [5, 5.41) is 13.0. The summed E-state index contributed by atoms with van der Waals surface area (Å²) in [6.07, 6.45) is 2.52. The van der Waals surface area contributed by atoms with Crippen LogP contribution in [-0.2, 0) is 0 Å². The van der Waals surface area contributed by atoms with Crippen LogP contribution in [0.5, 0.6) is 0 Å². The van der Waals surface area contributed by atoms with Gasteiger partial charge in [0.2, 0.25) is 6.20 Å². The van der Waals surface area contributed by atoms with Crippen LogP contribution in [0.3, 0.4) is 0 Å². The van der Waals surface area contributed by atoms with Gasteiger partial charge in [0.05, 0.1) is 9.83 Å². The van der Waals surface area contributed by atoms with Gasteiger partial charge in [-0.05, 0) is 19.2 Å². The van der Waals surface area contributed by atoms with Crippen LogP contribution in [0.2, 0.25) is 5.15 Å². The third kappa shape index (κ3) is 9.45. The minimum Gasteiger partial charge on any atom is -0.315 e. The van der Waals surface area contributed by atoms with Gasteiger partial charge in [0.1, 0.15) is 5.15 Å². The summed E-state index contributed by atoms with van der Waals surface area (Å²) >= 11 is 9.24. The molecule has 16 heavy (non-hydrogen) atoms. The van der Waals surface area contributed by atoms with E-state index in [0.29, 0.717) is 16.6 Å². The van der Waals surface area contributed by atoms with Crippen LogP contribution < -0.4 is 5.32 Å². The first-order valence-corrected chi connectivity index (χ1v) is 5.13. The predicted octanol–water partition coefficient (Wildman–Crippen LogP) is 1.99. The molecule has 0 amide bonds. The summed E-state index contributed by atoms with van der Waals surface area (Å²) in [7, 11) is 1.70. The quantitative estimate of drug-likeness (QED) is 0.378. The molecule has 1 aromatic heterocycles. The summed E-state index contributed by atoms with van der Waals surface area (Å²) < 4.78 is 0. The summed E-state index contributed by atoms with van der Waals surface area (Å²) in [6.45, 7) is 0.435. The highest BCUT2D eigenvalue weighted by Gasteiger charge is 1.93. The fourth-order valence-corrected chi connectivity index (χ4v) is 1.07. The number of thiol groups is 1. The number of pyridine rings is 1. The second-order valence-corrected chi connectivity index (χ2v) is 3.55. The number of aromatic nitrogens is 1. The minimum atomic E-state index is -0.528. The first-order chi connectivity index (χ1) is 7.56. The van der Waals surface area contributed by atoms with Crippen molar-refractivity contribution in [2.45, 2.75) is 0 Å². The van der Waals surface area contributed by atoms with Crippen LogP contribution in [-0.4, -0.2) is 23.5 Å². The molecule has 5 nitrogen and oxygen atoms in total. The van der Waals surface area contributed by atoms with Gasteiger partial charge in [-0.2, -0.15) is 0 Å². The van der Waals surface area contributed by atoms with Crippen molar-refractivity contribution in [3.63, 3.8) is 0 Å². The van der Waals surface area contributed by atoms with E-state index in [1.165, 1.54) is 0 Å². The zero-order chi connectivity index (χ0) is 12.4. The molecule has 0 spiro atoms. The Kier molecular flexibility index (Phi) is 8.51. The van der Waals surface area contributed by atoms with Crippen molar-refractivity contribution in [2.24, 2.45) is 0 Å². The zero-order valence-corrected chi connectivity index (χ0v) is 10.3. The fourth-order valence-electron chi connectivity index (χ4n) is 0.690. The first kappa shape index (κ1) is 14.9. The summed E-state index contributed by atoms with van der Waals surface area (Å²) in [5.74, 6) is 0. The molecule has 0 aromatic carbocycles. The Labute approximate surface area is 104 Å². The van der Waals surface area contributed by atoms with E-state index >= 15 is 0 Å². The molecule has 0 aliphatic heterocycles. The van der Waals surface area contributed by atoms with Gasteiger partial charge in [-0.3, -0.25) is 10.1 Å². The molecule has 0 saturated carbocycles. The van der Waals surface area contributed by atoms with Crippen molar-refractivity contribution in [1.82, 2.24) is 10.3 Å². The van der Waals surface area contributed by atoms with E-state index in [9.17, 15) is 10.1 Å². The molecule has 1 heterocycles. The van der Waals surface area contributed by atoms with Crippen molar-refractivity contribution in [2.75, 3.05) is 13.6 Å². The van der Waals surface area contributed by atoms with Crippen LogP contribution in [0.1, 0.15) is 0 Å². The number of hydrogen-bond acceptors (Lipinski definition) is 5. The number of nitrogens with one attached hydrogen (secondary N) is 1. The number of halogens is 1. The molecule has 0 fully saturated rings. The largest absolute Gasteiger partial charge is 0.315 e. The summed E-state index contributed by atoms with van der Waals surface area (Å²) in [4.78, 5) is 13.4. The average Bonchev–Trinajstić information content (AvgIpc) is 2.18. The van der Waals surface area contributed by atoms with E-state index in [1.807, 2.05) is 12.1 Å². The van der Waals surface area contributed by atoms with Crippen LogP contribution in [0, 0.1) is 10.1 Å². The molecule has 0 atom stereocenters. The molecule has 7 heteroatoms. The Hall–Kier alpha value is -1.11. The second-order valence-electron chi connectivity index (χ2n) is 2.59. The molecule has 0 bridgehead atoms. The van der Waals surface area contributed by atoms with Gasteiger partial charge in [-0.25, -0.2) is 4.98 Å². The third-order valence-corrected chi connectivity index (χ3v) is 1.74. The number of likely N-dealkylation sites (N-methyl/N-ethyl adjacent to an activating group) is 1. The standard InChI is InChI=1S/C5H4ClN.C4H8N2O2S/c6-5-3-1-2-4-7-5;1-5-2-4(9)3-6(7)8/h1-4H;3,5,9H,2H2,1H3. The van der Waals surface area contributed by atoms with E-state index in [-0.39, 0.29) is 0 Å². The predicted molar refractivity (Wildman–Crippen MR) is 67.2 cm³/mol. The van der Waals surface area contributed by atoms with Crippen molar-refractivity contribution in [1.29, 1.82) is 0 Å². The minimum absolute atomic E-state index is 0.419. The van der Waals surface area contributed by atoms with Crippen molar-refractivity contribution in [3.8, 4) is 0 Å². The average molecular weight is 262 g/mol. The van der Waals surface area contributed by atoms with Gasteiger partial charge < -0.3 is 5.32 Å². The normalized spacial score (nSPS) is 10.3. The lowest BCUT2D eigenvalue weighted by molar-refractivity contribution is -0.402. The van der Waals surface area contributed by atoms with E-state index in [0.717, 1.165) is 6.20 Å². The van der Waals surface area contributed by atoms with E-state index in [4.69, 9.17) is 11.6 Å². The monoisotopic (exact) mass is 261 g/mol. The summed E-state index contributed by atoms with van der Waals surface area (Å²) in [6, 6.07) is 5.41. The van der Waals surface area contributed by atoms with Crippen molar-refractivity contribution < 1.29 is 4.92 Å². The molecule has 0 unspecified atom stereocenters. The lowest BCUT2D eigenvalue weighted by Gasteiger charge is -1.91. The number of rotatable bonds is 3. The molecule has 0 aliphatic carbocycles. The topological polar surface area (TPSA) is 68.1 Å².